The van der Waals surface area contributed by atoms with E-state index < -0.39 is 12.7 Å². The number of aromatic nitrogens is 4. The van der Waals surface area contributed by atoms with Crippen LogP contribution in [-0.2, 0) is 30.9 Å². The van der Waals surface area contributed by atoms with Crippen molar-refractivity contribution in [3.05, 3.63) is 167 Å². The fraction of sp³-hybridized carbons (Fsp3) is 0.259. The van der Waals surface area contributed by atoms with Crippen molar-refractivity contribution in [2.24, 2.45) is 0 Å². The Bertz CT molecular complexity index is 3480. The van der Waals surface area contributed by atoms with E-state index in [4.69, 9.17) is 18.5 Å². The number of imidazole rings is 1. The molecule has 6 aromatic carbocycles. The first-order valence-electron chi connectivity index (χ1n) is 23.6. The Kier molecular flexibility index (Phi) is 11.2. The molecule has 4 heterocycles. The minimum atomic E-state index is -2.33. The van der Waals surface area contributed by atoms with Gasteiger partial charge in [0.15, 0.2) is 0 Å². The van der Waals surface area contributed by atoms with Gasteiger partial charge in [0, 0.05) is 58.4 Å². The summed E-state index contributed by atoms with van der Waals surface area (Å²) in [5.74, 6) is 0.820. The fourth-order valence-electron chi connectivity index (χ4n) is 8.61. The second kappa shape index (κ2) is 17.4. The molecule has 0 aliphatic rings. The van der Waals surface area contributed by atoms with Crippen LogP contribution in [-0.4, -0.2) is 19.5 Å². The Morgan fingerprint density at radius 3 is 2.09 bits per heavy atom. The molecule has 1 radical (unpaired) electrons. The molecular weight excluding hydrogens is 980 g/mol. The maximum atomic E-state index is 14.1. The van der Waals surface area contributed by atoms with E-state index in [-0.39, 0.29) is 42.1 Å². The largest absolute Gasteiger partial charge is 0.501 e. The first-order chi connectivity index (χ1) is 31.7. The van der Waals surface area contributed by atoms with E-state index in [0.29, 0.717) is 17.5 Å². The van der Waals surface area contributed by atoms with Gasteiger partial charge >= 0.3 is 0 Å². The van der Waals surface area contributed by atoms with Crippen molar-refractivity contribution in [2.45, 2.75) is 98.8 Å². The van der Waals surface area contributed by atoms with Crippen LogP contribution in [0, 0.1) is 24.8 Å². The van der Waals surface area contributed by atoms with E-state index in [2.05, 4.69) is 170 Å². The normalized spacial score (nSPS) is 13.0. The summed E-state index contributed by atoms with van der Waals surface area (Å²) in [7, 11) is 0. The number of pyridine rings is 2. The number of furan rings is 1. The first kappa shape index (κ1) is 41.7. The third-order valence-corrected chi connectivity index (χ3v) is 12.2. The van der Waals surface area contributed by atoms with Gasteiger partial charge in [-0.05, 0) is 79.4 Å². The van der Waals surface area contributed by atoms with Gasteiger partial charge in [-0.2, -0.15) is 0 Å². The average Bonchev–Trinajstić information content (AvgIpc) is 3.85. The van der Waals surface area contributed by atoms with Gasteiger partial charge in [-0.15, -0.1) is 42.0 Å². The Hall–Kier alpha value is -6.01. The van der Waals surface area contributed by atoms with Crippen molar-refractivity contribution in [3.63, 3.8) is 0 Å². The van der Waals surface area contributed by atoms with Gasteiger partial charge in [-0.3, -0.25) is 14.4 Å². The molecule has 5 nitrogen and oxygen atoms in total. The number of benzene rings is 6. The molecule has 0 saturated heterocycles. The smallest absolute Gasteiger partial charge is 0.121 e. The van der Waals surface area contributed by atoms with Gasteiger partial charge in [-0.25, -0.2) is 0 Å². The molecule has 10 rings (SSSR count). The number of aryl methyl sites for hydroxylation is 1. The first-order valence-corrected chi connectivity index (χ1v) is 22.1. The van der Waals surface area contributed by atoms with Crippen molar-refractivity contribution in [1.29, 1.82) is 0 Å². The zero-order valence-electron chi connectivity index (χ0n) is 41.6. The van der Waals surface area contributed by atoms with E-state index >= 15 is 0 Å². The molecular formula is C58H55FIrN4O-2. The van der Waals surface area contributed by atoms with Crippen molar-refractivity contribution >= 4 is 54.5 Å². The Labute approximate surface area is 399 Å². The van der Waals surface area contributed by atoms with Crippen LogP contribution >= 0.6 is 0 Å². The molecule has 0 unspecified atom stereocenters. The maximum absolute atomic E-state index is 14.1. The second-order valence-corrected chi connectivity index (χ2v) is 19.5. The summed E-state index contributed by atoms with van der Waals surface area (Å²) in [6.07, 6.45) is 3.71. The molecule has 0 saturated carbocycles. The summed E-state index contributed by atoms with van der Waals surface area (Å²) >= 11 is 0. The quantitative estimate of drug-likeness (QED) is 0.127. The van der Waals surface area contributed by atoms with E-state index in [1.54, 1.807) is 12.3 Å². The number of halogens is 1. The van der Waals surface area contributed by atoms with Crippen LogP contribution in [0.5, 0.6) is 0 Å². The van der Waals surface area contributed by atoms with Crippen molar-refractivity contribution < 1.29 is 33.0 Å². The minimum Gasteiger partial charge on any atom is -0.501 e. The van der Waals surface area contributed by atoms with Crippen LogP contribution < -0.4 is 0 Å². The summed E-state index contributed by atoms with van der Waals surface area (Å²) in [4.78, 5) is 14.6. The topological polar surface area (TPSA) is 56.7 Å². The molecule has 0 amide bonds. The van der Waals surface area contributed by atoms with Crippen LogP contribution in [0.3, 0.4) is 0 Å². The van der Waals surface area contributed by atoms with Gasteiger partial charge in [0.25, 0.3) is 0 Å². The molecule has 0 aliphatic heterocycles. The number of hydrogen-bond acceptors (Lipinski definition) is 4. The number of nitrogens with zero attached hydrogens (tertiary/aromatic N) is 4. The average molecular weight is 1040 g/mol. The van der Waals surface area contributed by atoms with E-state index in [1.807, 2.05) is 18.3 Å². The van der Waals surface area contributed by atoms with E-state index in [9.17, 15) is 4.39 Å². The van der Waals surface area contributed by atoms with E-state index in [0.717, 1.165) is 61.7 Å². The van der Waals surface area contributed by atoms with Gasteiger partial charge in [0.2, 0.25) is 0 Å². The molecule has 65 heavy (non-hydrogen) atoms. The predicted octanol–water partition coefficient (Wildman–Crippen LogP) is 15.9. The SMILES string of the molecule is CC(C)c1cccc(C(C)C)c1-n1c(-c2[c-]ccc3c2oc2cc4c(ccc5ccccc54)cc23)nc2cc(C(C)(C)C)ncc21.[2H]C([2H])([2H])c1c[c-]c(-c2ccc(C(C)(C)C)cn2)c(F)c1.[Ir]. The molecule has 4 aromatic heterocycles. The molecule has 0 bridgehead atoms. The van der Waals surface area contributed by atoms with Gasteiger partial charge in [0.05, 0.1) is 28.6 Å². The summed E-state index contributed by atoms with van der Waals surface area (Å²) in [6, 6.07) is 42.6. The van der Waals surface area contributed by atoms with Crippen LogP contribution in [0.25, 0.3) is 82.8 Å². The minimum absolute atomic E-state index is 0. The third-order valence-electron chi connectivity index (χ3n) is 12.2. The third kappa shape index (κ3) is 8.53. The fourth-order valence-corrected chi connectivity index (χ4v) is 8.61. The van der Waals surface area contributed by atoms with Crippen molar-refractivity contribution in [1.82, 2.24) is 19.5 Å². The predicted molar refractivity (Wildman–Crippen MR) is 264 cm³/mol. The summed E-state index contributed by atoms with van der Waals surface area (Å²) in [6.45, 7) is 19.5. The van der Waals surface area contributed by atoms with Crippen LogP contribution in [0.1, 0.15) is 113 Å². The Morgan fingerprint density at radius 2 is 1.43 bits per heavy atom. The van der Waals surface area contributed by atoms with Crippen molar-refractivity contribution in [3.8, 4) is 28.3 Å². The number of para-hydroxylation sites is 1. The maximum Gasteiger partial charge on any atom is 0.121 e. The number of hydrogen-bond donors (Lipinski definition) is 0. The zero-order valence-corrected chi connectivity index (χ0v) is 41.0. The van der Waals surface area contributed by atoms with Crippen LogP contribution in [0.15, 0.2) is 126 Å². The number of fused-ring (bicyclic) bond motifs is 7. The molecule has 0 spiro atoms. The van der Waals surface area contributed by atoms with Gasteiger partial charge in [-0.1, -0.05) is 159 Å². The molecule has 0 N–H and O–H groups in total. The second-order valence-electron chi connectivity index (χ2n) is 19.5. The standard InChI is InChI=1S/C42H38N3O.C16H17FN.Ir/c1-24(2)28-14-10-15-29(25(3)4)39(28)45-36-23-43-38(42(5,6)7)22-35(36)44-41(45)32-17-11-16-31-34-20-27-19-18-26-12-8-9-13-30(26)33(27)21-37(34)46-40(31)32;1-11-5-7-13(14(17)9-11)15-8-6-12(10-18-15)16(2,3)4;/h8-16,18-25H,1-7H3;5-6,8-10H,1-4H3;/q2*-1;/i;1D3;. The van der Waals surface area contributed by atoms with E-state index in [1.165, 1.54) is 44.4 Å². The van der Waals surface area contributed by atoms with Gasteiger partial charge < -0.3 is 14.0 Å². The molecule has 0 aliphatic carbocycles. The molecule has 7 heteroatoms. The number of rotatable bonds is 5. The monoisotopic (exact) mass is 1040 g/mol. The summed E-state index contributed by atoms with van der Waals surface area (Å²) in [5.41, 5.74) is 10.6. The Balaban J connectivity index is 0.000000240. The van der Waals surface area contributed by atoms with Crippen LogP contribution in [0.2, 0.25) is 0 Å². The molecule has 0 atom stereocenters. The van der Waals surface area contributed by atoms with Crippen LogP contribution in [0.4, 0.5) is 4.39 Å². The van der Waals surface area contributed by atoms with Gasteiger partial charge in [0.1, 0.15) is 5.58 Å². The molecule has 331 valence electrons. The van der Waals surface area contributed by atoms with Crippen molar-refractivity contribution in [2.75, 3.05) is 0 Å². The summed E-state index contributed by atoms with van der Waals surface area (Å²) < 4.78 is 45.0. The molecule has 10 aromatic rings. The Morgan fingerprint density at radius 1 is 0.692 bits per heavy atom. The zero-order chi connectivity index (χ0) is 47.7. The molecule has 0 fully saturated rings. The summed E-state index contributed by atoms with van der Waals surface area (Å²) in [5, 5.41) is 7.00.